The molecule has 1 N–H and O–H groups in total. The van der Waals surface area contributed by atoms with Crippen molar-refractivity contribution in [3.63, 3.8) is 0 Å². The van der Waals surface area contributed by atoms with Crippen LogP contribution in [0.3, 0.4) is 0 Å². The summed E-state index contributed by atoms with van der Waals surface area (Å²) in [5, 5.41) is 6.99. The van der Waals surface area contributed by atoms with Gasteiger partial charge in [0.05, 0.1) is 6.61 Å². The largest absolute Gasteiger partial charge is 0.486 e. The van der Waals surface area contributed by atoms with Crippen LogP contribution in [0.15, 0.2) is 47.0 Å². The number of nitrogens with zero attached hydrogens (tertiary/aromatic N) is 3. The summed E-state index contributed by atoms with van der Waals surface area (Å²) in [6.07, 6.45) is 1.14. The summed E-state index contributed by atoms with van der Waals surface area (Å²) in [6.45, 7) is 1.49. The maximum atomic E-state index is 13.3. The van der Waals surface area contributed by atoms with Gasteiger partial charge in [0.15, 0.2) is 17.3 Å². The van der Waals surface area contributed by atoms with Gasteiger partial charge in [-0.25, -0.2) is 4.79 Å². The Hall–Kier alpha value is -3.59. The first-order valence-corrected chi connectivity index (χ1v) is 10.1. The third-order valence-electron chi connectivity index (χ3n) is 5.29. The Kier molecular flexibility index (Phi) is 5.17. The molecule has 1 aromatic heterocycles. The van der Waals surface area contributed by atoms with Gasteiger partial charge in [-0.2, -0.15) is 4.98 Å². The standard InChI is InChI=1S/C22H22N4O5/c1-28-9-8-20-24-21(31-25-20)17-12-14-4-2-3-5-16(14)26(17)22(27)23-15-6-7-18-19(13-15)30-11-10-29-18/h2-7,13,17H,8-12H2,1H3,(H,23,27). The number of ether oxygens (including phenoxy) is 3. The van der Waals surface area contributed by atoms with E-state index in [1.54, 1.807) is 30.2 Å². The minimum absolute atomic E-state index is 0.289. The fraction of sp³-hybridized carbons (Fsp3) is 0.318. The van der Waals surface area contributed by atoms with Gasteiger partial charge in [-0.3, -0.25) is 4.90 Å². The number of benzene rings is 2. The molecule has 0 bridgehead atoms. The first kappa shape index (κ1) is 19.4. The van der Waals surface area contributed by atoms with E-state index in [-0.39, 0.29) is 6.03 Å². The number of hydrogen-bond donors (Lipinski definition) is 1. The first-order chi connectivity index (χ1) is 15.2. The highest BCUT2D eigenvalue weighted by molar-refractivity contribution is 6.03. The molecule has 0 saturated carbocycles. The van der Waals surface area contributed by atoms with Crippen LogP contribution in [0.4, 0.5) is 16.2 Å². The molecule has 3 heterocycles. The summed E-state index contributed by atoms with van der Waals surface area (Å²) in [5.41, 5.74) is 2.48. The maximum absolute atomic E-state index is 13.3. The van der Waals surface area contributed by atoms with E-state index in [1.165, 1.54) is 0 Å². The summed E-state index contributed by atoms with van der Waals surface area (Å²) in [5.74, 6) is 2.24. The molecule has 3 aromatic rings. The molecule has 0 spiro atoms. The van der Waals surface area contributed by atoms with Crippen LogP contribution in [0.2, 0.25) is 0 Å². The van der Waals surface area contributed by atoms with Crippen molar-refractivity contribution < 1.29 is 23.5 Å². The molecule has 5 rings (SSSR count). The molecule has 9 heteroatoms. The first-order valence-electron chi connectivity index (χ1n) is 10.1. The minimum atomic E-state index is -0.390. The summed E-state index contributed by atoms with van der Waals surface area (Å²) in [7, 11) is 1.62. The van der Waals surface area contributed by atoms with Crippen molar-refractivity contribution in [1.29, 1.82) is 0 Å². The van der Waals surface area contributed by atoms with E-state index in [2.05, 4.69) is 15.5 Å². The highest BCUT2D eigenvalue weighted by Crippen LogP contribution is 2.40. The molecule has 9 nitrogen and oxygen atoms in total. The second kappa shape index (κ2) is 8.27. The fourth-order valence-corrected chi connectivity index (χ4v) is 3.84. The predicted octanol–water partition coefficient (Wildman–Crippen LogP) is 3.37. The van der Waals surface area contributed by atoms with Crippen LogP contribution in [0, 0.1) is 0 Å². The molecule has 0 radical (unpaired) electrons. The number of methoxy groups -OCH3 is 1. The Bertz CT molecular complexity index is 1100. The lowest BCUT2D eigenvalue weighted by atomic mass is 10.1. The van der Waals surface area contributed by atoms with Gasteiger partial charge in [0.25, 0.3) is 0 Å². The lowest BCUT2D eigenvalue weighted by Gasteiger charge is -2.24. The van der Waals surface area contributed by atoms with E-state index in [0.717, 1.165) is 11.3 Å². The van der Waals surface area contributed by atoms with E-state index < -0.39 is 6.04 Å². The molecule has 31 heavy (non-hydrogen) atoms. The van der Waals surface area contributed by atoms with Gasteiger partial charge in [-0.1, -0.05) is 23.4 Å². The van der Waals surface area contributed by atoms with E-state index in [9.17, 15) is 4.79 Å². The number of fused-ring (bicyclic) bond motifs is 2. The van der Waals surface area contributed by atoms with E-state index in [0.29, 0.717) is 61.6 Å². The van der Waals surface area contributed by atoms with Crippen molar-refractivity contribution in [2.45, 2.75) is 18.9 Å². The lowest BCUT2D eigenvalue weighted by molar-refractivity contribution is 0.171. The number of carbonyl (C=O) groups excluding carboxylic acids is 1. The van der Waals surface area contributed by atoms with Gasteiger partial charge in [-0.05, 0) is 23.8 Å². The van der Waals surface area contributed by atoms with Crippen molar-refractivity contribution in [2.24, 2.45) is 0 Å². The van der Waals surface area contributed by atoms with Crippen LogP contribution in [0.25, 0.3) is 0 Å². The highest BCUT2D eigenvalue weighted by atomic mass is 16.6. The van der Waals surface area contributed by atoms with Crippen molar-refractivity contribution in [1.82, 2.24) is 10.1 Å². The molecule has 2 amide bonds. The van der Waals surface area contributed by atoms with Crippen molar-refractivity contribution in [3.05, 3.63) is 59.7 Å². The number of nitrogens with one attached hydrogen (secondary N) is 1. The molecular formula is C22H22N4O5. The van der Waals surface area contributed by atoms with Crippen LogP contribution in [0.5, 0.6) is 11.5 Å². The zero-order chi connectivity index (χ0) is 21.2. The Morgan fingerprint density at radius 2 is 2.03 bits per heavy atom. The number of amides is 2. The SMILES string of the molecule is COCCc1noc(C2Cc3ccccc3N2C(=O)Nc2ccc3c(c2)OCCO3)n1. The van der Waals surface area contributed by atoms with E-state index in [4.69, 9.17) is 18.7 Å². The Morgan fingerprint density at radius 1 is 1.19 bits per heavy atom. The van der Waals surface area contributed by atoms with Gasteiger partial charge < -0.3 is 24.1 Å². The minimum Gasteiger partial charge on any atom is -0.486 e. The Morgan fingerprint density at radius 3 is 2.90 bits per heavy atom. The van der Waals surface area contributed by atoms with Crippen LogP contribution in [0.1, 0.15) is 23.3 Å². The van der Waals surface area contributed by atoms with Crippen LogP contribution >= 0.6 is 0 Å². The number of aromatic nitrogens is 2. The summed E-state index contributed by atoms with van der Waals surface area (Å²) in [6, 6.07) is 12.4. The van der Waals surface area contributed by atoms with E-state index >= 15 is 0 Å². The van der Waals surface area contributed by atoms with Gasteiger partial charge in [0, 0.05) is 37.4 Å². The normalized spacial score (nSPS) is 16.8. The van der Waals surface area contributed by atoms with Crippen molar-refractivity contribution in [3.8, 4) is 11.5 Å². The molecule has 2 aliphatic rings. The smallest absolute Gasteiger partial charge is 0.327 e. The van der Waals surface area contributed by atoms with Gasteiger partial charge in [0.1, 0.15) is 19.3 Å². The van der Waals surface area contributed by atoms with Crippen LogP contribution in [-0.4, -0.2) is 43.1 Å². The fourth-order valence-electron chi connectivity index (χ4n) is 3.84. The zero-order valence-corrected chi connectivity index (χ0v) is 17.0. The molecule has 0 saturated heterocycles. The zero-order valence-electron chi connectivity index (χ0n) is 17.0. The van der Waals surface area contributed by atoms with Crippen molar-refractivity contribution >= 4 is 17.4 Å². The second-order valence-electron chi connectivity index (χ2n) is 7.30. The lowest BCUT2D eigenvalue weighted by Crippen LogP contribution is -2.36. The summed E-state index contributed by atoms with van der Waals surface area (Å²) < 4.78 is 21.8. The molecule has 160 valence electrons. The third kappa shape index (κ3) is 3.79. The quantitative estimate of drug-likeness (QED) is 0.673. The predicted molar refractivity (Wildman–Crippen MR) is 112 cm³/mol. The topological polar surface area (TPSA) is 99.0 Å². The molecule has 2 aliphatic heterocycles. The Balaban J connectivity index is 1.41. The van der Waals surface area contributed by atoms with Crippen molar-refractivity contribution in [2.75, 3.05) is 37.1 Å². The molecular weight excluding hydrogens is 400 g/mol. The van der Waals surface area contributed by atoms with Gasteiger partial charge in [0.2, 0.25) is 5.89 Å². The average molecular weight is 422 g/mol. The summed E-state index contributed by atoms with van der Waals surface area (Å²) in [4.78, 5) is 19.5. The number of carbonyl (C=O) groups is 1. The number of rotatable bonds is 5. The van der Waals surface area contributed by atoms with E-state index in [1.807, 2.05) is 24.3 Å². The average Bonchev–Trinajstić information content (AvgIpc) is 3.42. The monoisotopic (exact) mass is 422 g/mol. The third-order valence-corrected chi connectivity index (χ3v) is 5.29. The second-order valence-corrected chi connectivity index (χ2v) is 7.30. The number of urea groups is 1. The molecule has 0 fully saturated rings. The molecule has 2 aromatic carbocycles. The van der Waals surface area contributed by atoms with Crippen LogP contribution in [-0.2, 0) is 17.6 Å². The molecule has 0 aliphatic carbocycles. The Labute approximate surface area is 178 Å². The molecule has 1 unspecified atom stereocenters. The maximum Gasteiger partial charge on any atom is 0.327 e. The number of anilines is 2. The number of hydrogen-bond acceptors (Lipinski definition) is 7. The molecule has 1 atom stereocenters. The highest BCUT2D eigenvalue weighted by Gasteiger charge is 2.38. The van der Waals surface area contributed by atoms with Gasteiger partial charge >= 0.3 is 6.03 Å². The number of para-hydroxylation sites is 1. The summed E-state index contributed by atoms with van der Waals surface area (Å²) >= 11 is 0. The van der Waals surface area contributed by atoms with Gasteiger partial charge in [-0.15, -0.1) is 0 Å². The van der Waals surface area contributed by atoms with Crippen LogP contribution < -0.4 is 19.7 Å².